The van der Waals surface area contributed by atoms with Crippen molar-refractivity contribution in [2.45, 2.75) is 6.54 Å². The van der Waals surface area contributed by atoms with E-state index in [1.54, 1.807) is 11.6 Å². The third kappa shape index (κ3) is 2.68. The molecule has 0 radical (unpaired) electrons. The average Bonchev–Trinajstić information content (AvgIpc) is 2.89. The molecule has 1 aromatic carbocycles. The number of allylic oxidation sites excluding steroid dienone is 1. The van der Waals surface area contributed by atoms with Crippen LogP contribution in [0.25, 0.3) is 17.2 Å². The summed E-state index contributed by atoms with van der Waals surface area (Å²) < 4.78 is 4.73. The van der Waals surface area contributed by atoms with E-state index < -0.39 is 0 Å². The summed E-state index contributed by atoms with van der Waals surface area (Å²) in [5.74, 6) is 0. The summed E-state index contributed by atoms with van der Waals surface area (Å²) in [7, 11) is 3.07. The molecule has 0 atom stereocenters. The molecule has 0 fully saturated rings. The van der Waals surface area contributed by atoms with Crippen LogP contribution in [-0.2, 0) is 20.6 Å². The lowest BCUT2D eigenvalue weighted by Crippen LogP contribution is -2.37. The first-order valence-electron chi connectivity index (χ1n) is 7.04. The van der Waals surface area contributed by atoms with E-state index in [4.69, 9.17) is 0 Å². The molecule has 0 unspecified atom stereocenters. The number of hydrogen-bond donors (Lipinski definition) is 0. The SMILES string of the molecule is Cn1c(=O)c2c(nc(Br)n2C/C=C\c2ccccc2)n(C)c1=O. The zero-order chi connectivity index (χ0) is 16.6. The Labute approximate surface area is 140 Å². The van der Waals surface area contributed by atoms with Crippen LogP contribution in [0.1, 0.15) is 5.56 Å². The maximum absolute atomic E-state index is 12.4. The molecule has 0 saturated carbocycles. The van der Waals surface area contributed by atoms with Crippen molar-refractivity contribution in [1.82, 2.24) is 18.7 Å². The van der Waals surface area contributed by atoms with Crippen LogP contribution in [0.5, 0.6) is 0 Å². The van der Waals surface area contributed by atoms with Gasteiger partial charge in [0.2, 0.25) is 0 Å². The lowest BCUT2D eigenvalue weighted by molar-refractivity contribution is 0.703. The van der Waals surface area contributed by atoms with Crippen molar-refractivity contribution in [3.8, 4) is 0 Å². The van der Waals surface area contributed by atoms with Gasteiger partial charge in [-0.1, -0.05) is 42.5 Å². The Bertz CT molecular complexity index is 1010. The van der Waals surface area contributed by atoms with E-state index in [1.807, 2.05) is 42.5 Å². The lowest BCUT2D eigenvalue weighted by atomic mass is 10.2. The molecule has 0 saturated heterocycles. The number of benzene rings is 1. The smallest absolute Gasteiger partial charge is 0.309 e. The Morgan fingerprint density at radius 1 is 1.13 bits per heavy atom. The summed E-state index contributed by atoms with van der Waals surface area (Å²) in [6, 6.07) is 9.89. The molecular formula is C16H15BrN4O2. The van der Waals surface area contributed by atoms with Gasteiger partial charge in [-0.05, 0) is 21.5 Å². The van der Waals surface area contributed by atoms with Gasteiger partial charge in [0.25, 0.3) is 5.56 Å². The third-order valence-electron chi connectivity index (χ3n) is 3.70. The van der Waals surface area contributed by atoms with E-state index in [0.717, 1.165) is 10.1 Å². The van der Waals surface area contributed by atoms with Crippen molar-refractivity contribution < 1.29 is 0 Å². The van der Waals surface area contributed by atoms with Gasteiger partial charge < -0.3 is 4.57 Å². The first kappa shape index (κ1) is 15.5. The highest BCUT2D eigenvalue weighted by Crippen LogP contribution is 2.16. The van der Waals surface area contributed by atoms with Crippen molar-refractivity contribution in [2.24, 2.45) is 14.1 Å². The van der Waals surface area contributed by atoms with Gasteiger partial charge in [-0.2, -0.15) is 0 Å². The number of halogens is 1. The predicted molar refractivity (Wildman–Crippen MR) is 93.4 cm³/mol. The molecule has 6 nitrogen and oxygen atoms in total. The monoisotopic (exact) mass is 374 g/mol. The fraction of sp³-hybridized carbons (Fsp3) is 0.188. The number of aromatic nitrogens is 4. The first-order chi connectivity index (χ1) is 11.0. The zero-order valence-electron chi connectivity index (χ0n) is 12.7. The summed E-state index contributed by atoms with van der Waals surface area (Å²) in [5.41, 5.74) is 1.11. The van der Waals surface area contributed by atoms with E-state index in [1.165, 1.54) is 11.6 Å². The first-order valence-corrected chi connectivity index (χ1v) is 7.83. The molecule has 118 valence electrons. The molecule has 0 aliphatic rings. The van der Waals surface area contributed by atoms with E-state index in [9.17, 15) is 9.59 Å². The van der Waals surface area contributed by atoms with Gasteiger partial charge in [-0.15, -0.1) is 0 Å². The van der Waals surface area contributed by atoms with Crippen molar-refractivity contribution in [2.75, 3.05) is 0 Å². The minimum Gasteiger partial charge on any atom is -0.309 e. The fourth-order valence-electron chi connectivity index (χ4n) is 2.44. The molecule has 3 aromatic rings. The number of hydrogen-bond acceptors (Lipinski definition) is 3. The molecule has 0 aliphatic carbocycles. The zero-order valence-corrected chi connectivity index (χ0v) is 14.3. The minimum atomic E-state index is -0.389. The predicted octanol–water partition coefficient (Wildman–Crippen LogP) is 1.91. The number of aryl methyl sites for hydroxylation is 1. The number of nitrogens with zero attached hydrogens (tertiary/aromatic N) is 4. The Hall–Kier alpha value is -2.41. The highest BCUT2D eigenvalue weighted by Gasteiger charge is 2.16. The molecule has 0 N–H and O–H groups in total. The second kappa shape index (κ2) is 6.00. The molecule has 0 spiro atoms. The van der Waals surface area contributed by atoms with Crippen molar-refractivity contribution >= 4 is 33.2 Å². The summed E-state index contributed by atoms with van der Waals surface area (Å²) in [6.07, 6.45) is 3.93. The average molecular weight is 375 g/mol. The third-order valence-corrected chi connectivity index (χ3v) is 4.30. The van der Waals surface area contributed by atoms with Crippen LogP contribution < -0.4 is 11.2 Å². The van der Waals surface area contributed by atoms with Crippen LogP contribution in [0.2, 0.25) is 0 Å². The van der Waals surface area contributed by atoms with Gasteiger partial charge in [-0.25, -0.2) is 9.78 Å². The van der Waals surface area contributed by atoms with Crippen LogP contribution in [0.15, 0.2) is 50.7 Å². The van der Waals surface area contributed by atoms with Crippen LogP contribution >= 0.6 is 15.9 Å². The molecule has 2 aromatic heterocycles. The topological polar surface area (TPSA) is 61.8 Å². The molecule has 7 heteroatoms. The summed E-state index contributed by atoms with van der Waals surface area (Å²) in [5, 5.41) is 0. The van der Waals surface area contributed by atoms with Gasteiger partial charge in [0.15, 0.2) is 15.9 Å². The molecule has 3 rings (SSSR count). The molecule has 0 amide bonds. The lowest BCUT2D eigenvalue weighted by Gasteiger charge is -2.05. The van der Waals surface area contributed by atoms with Crippen LogP contribution in [0.3, 0.4) is 0 Å². The number of fused-ring (bicyclic) bond motifs is 1. The Morgan fingerprint density at radius 3 is 2.52 bits per heavy atom. The largest absolute Gasteiger partial charge is 0.332 e. The van der Waals surface area contributed by atoms with Gasteiger partial charge in [0.05, 0.1) is 0 Å². The van der Waals surface area contributed by atoms with Crippen molar-refractivity contribution in [3.05, 3.63) is 67.5 Å². The summed E-state index contributed by atoms with van der Waals surface area (Å²) in [4.78, 5) is 28.7. The Kier molecular flexibility index (Phi) is 4.04. The fourth-order valence-corrected chi connectivity index (χ4v) is 2.93. The van der Waals surface area contributed by atoms with E-state index >= 15 is 0 Å². The Morgan fingerprint density at radius 2 is 1.83 bits per heavy atom. The summed E-state index contributed by atoms with van der Waals surface area (Å²) >= 11 is 3.37. The van der Waals surface area contributed by atoms with Crippen LogP contribution in [0.4, 0.5) is 0 Å². The molecule has 0 bridgehead atoms. The normalized spacial score (nSPS) is 11.6. The summed E-state index contributed by atoms with van der Waals surface area (Å²) in [6.45, 7) is 0.472. The minimum absolute atomic E-state index is 0.352. The van der Waals surface area contributed by atoms with E-state index in [2.05, 4.69) is 20.9 Å². The second-order valence-electron chi connectivity index (χ2n) is 5.18. The van der Waals surface area contributed by atoms with Crippen molar-refractivity contribution in [3.63, 3.8) is 0 Å². The maximum atomic E-state index is 12.4. The van der Waals surface area contributed by atoms with Gasteiger partial charge in [0, 0.05) is 20.6 Å². The molecule has 23 heavy (non-hydrogen) atoms. The van der Waals surface area contributed by atoms with Gasteiger partial charge in [-0.3, -0.25) is 13.9 Å². The quantitative estimate of drug-likeness (QED) is 0.657. The van der Waals surface area contributed by atoms with E-state index in [-0.39, 0.29) is 11.2 Å². The van der Waals surface area contributed by atoms with Gasteiger partial charge in [0.1, 0.15) is 0 Å². The van der Waals surface area contributed by atoms with Gasteiger partial charge >= 0.3 is 5.69 Å². The second-order valence-corrected chi connectivity index (χ2v) is 5.89. The molecule has 0 aliphatic heterocycles. The van der Waals surface area contributed by atoms with Crippen LogP contribution in [0, 0.1) is 0 Å². The highest BCUT2D eigenvalue weighted by atomic mass is 79.9. The van der Waals surface area contributed by atoms with Crippen molar-refractivity contribution in [1.29, 1.82) is 0 Å². The standard InChI is InChI=1S/C16H15BrN4O2/c1-19-13-12(14(22)20(2)16(19)23)21(15(17)18-13)10-6-9-11-7-4-3-5-8-11/h3-9H,10H2,1-2H3/b9-6-. The number of imidazole rings is 1. The van der Waals surface area contributed by atoms with Crippen LogP contribution in [-0.4, -0.2) is 18.7 Å². The number of rotatable bonds is 3. The molecular weight excluding hydrogens is 360 g/mol. The maximum Gasteiger partial charge on any atom is 0.332 e. The molecule has 2 heterocycles. The highest BCUT2D eigenvalue weighted by molar-refractivity contribution is 9.10. The Balaban J connectivity index is 2.08. The van der Waals surface area contributed by atoms with E-state index in [0.29, 0.717) is 22.4 Å².